The molecule has 4 heterocycles. The summed E-state index contributed by atoms with van der Waals surface area (Å²) < 4.78 is 28.8. The number of benzene rings is 2. The highest BCUT2D eigenvalue weighted by molar-refractivity contribution is 7.53. The molecule has 0 aliphatic heterocycles. The maximum atomic E-state index is 13.6. The monoisotopic (exact) mass is 618 g/mol. The van der Waals surface area contributed by atoms with Crippen LogP contribution in [0.5, 0.6) is 11.8 Å². The quantitative estimate of drug-likeness (QED) is 0.174. The van der Waals surface area contributed by atoms with E-state index in [-0.39, 0.29) is 21.8 Å². The molecule has 0 aliphatic rings. The third kappa shape index (κ3) is 4.93. The van der Waals surface area contributed by atoms with Crippen LogP contribution in [0.2, 0.25) is 20.1 Å². The van der Waals surface area contributed by atoms with Crippen LogP contribution in [0.25, 0.3) is 33.2 Å². The smallest absolute Gasteiger partial charge is 0.398 e. The van der Waals surface area contributed by atoms with Gasteiger partial charge in [-0.05, 0) is 24.3 Å². The van der Waals surface area contributed by atoms with Crippen LogP contribution in [0.15, 0.2) is 73.8 Å². The number of hydrogen-bond donors (Lipinski definition) is 0. The van der Waals surface area contributed by atoms with E-state index in [4.69, 9.17) is 55.5 Å². The molecular formula is C25H15Cl4N6O3P. The Hall–Kier alpha value is -3.33. The first-order chi connectivity index (χ1) is 18.7. The Kier molecular flexibility index (Phi) is 6.65. The Morgan fingerprint density at radius 3 is 1.54 bits per heavy atom. The predicted octanol–water partition coefficient (Wildman–Crippen LogP) is 8.05. The van der Waals surface area contributed by atoms with Gasteiger partial charge in [-0.1, -0.05) is 46.4 Å². The van der Waals surface area contributed by atoms with Crippen LogP contribution in [-0.2, 0) is 4.57 Å². The summed E-state index contributed by atoms with van der Waals surface area (Å²) in [6.45, 7) is 1.30. The lowest BCUT2D eigenvalue weighted by molar-refractivity contribution is 0.383. The first-order valence-electron chi connectivity index (χ1n) is 11.2. The molecule has 0 spiro atoms. The number of pyridine rings is 2. The fourth-order valence-electron chi connectivity index (χ4n) is 4.07. The number of fused-ring (bicyclic) bond motifs is 2. The molecule has 0 N–H and O–H groups in total. The molecule has 4 aromatic heterocycles. The molecular weight excluding hydrogens is 605 g/mol. The molecule has 196 valence electrons. The number of halogens is 4. The minimum Gasteiger partial charge on any atom is -0.398 e. The van der Waals surface area contributed by atoms with Crippen LogP contribution in [-0.4, -0.2) is 35.7 Å². The van der Waals surface area contributed by atoms with Crippen molar-refractivity contribution in [3.63, 3.8) is 0 Å². The third-order valence-corrected chi connectivity index (χ3v) is 8.36. The molecule has 6 rings (SSSR count). The van der Waals surface area contributed by atoms with Gasteiger partial charge in [0.1, 0.15) is 0 Å². The van der Waals surface area contributed by atoms with Gasteiger partial charge in [0.05, 0.1) is 61.8 Å². The van der Waals surface area contributed by atoms with Gasteiger partial charge in [-0.25, -0.2) is 24.5 Å². The molecule has 0 aliphatic carbocycles. The lowest BCUT2D eigenvalue weighted by Gasteiger charge is -2.18. The maximum absolute atomic E-state index is 13.6. The molecule has 6 aromatic rings. The average Bonchev–Trinajstić information content (AvgIpc) is 3.63. The molecule has 9 nitrogen and oxygen atoms in total. The summed E-state index contributed by atoms with van der Waals surface area (Å²) in [6, 6.07) is 10.1. The van der Waals surface area contributed by atoms with E-state index in [1.54, 1.807) is 83.0 Å². The highest BCUT2D eigenvalue weighted by atomic mass is 35.5. The second-order valence-electron chi connectivity index (χ2n) is 8.37. The Balaban J connectivity index is 1.42. The van der Waals surface area contributed by atoms with Gasteiger partial charge in [-0.15, -0.1) is 0 Å². The number of hydrogen-bond acceptors (Lipinski definition) is 7. The van der Waals surface area contributed by atoms with Crippen LogP contribution >= 0.6 is 54.0 Å². The van der Waals surface area contributed by atoms with Gasteiger partial charge in [0.25, 0.3) is 0 Å². The van der Waals surface area contributed by atoms with Gasteiger partial charge >= 0.3 is 7.60 Å². The lowest BCUT2D eigenvalue weighted by Crippen LogP contribution is -2.04. The van der Waals surface area contributed by atoms with Crippen molar-refractivity contribution in [2.75, 3.05) is 6.66 Å². The second kappa shape index (κ2) is 10.0. The summed E-state index contributed by atoms with van der Waals surface area (Å²) in [5.74, 6) is -0.00389. The van der Waals surface area contributed by atoms with Crippen molar-refractivity contribution >= 4 is 75.8 Å². The highest BCUT2D eigenvalue weighted by Gasteiger charge is 2.25. The van der Waals surface area contributed by atoms with Crippen molar-refractivity contribution in [2.24, 2.45) is 0 Å². The Labute approximate surface area is 241 Å². The number of nitrogens with zero attached hydrogens (tertiary/aromatic N) is 6. The third-order valence-electron chi connectivity index (χ3n) is 5.74. The molecule has 2 aromatic carbocycles. The van der Waals surface area contributed by atoms with Gasteiger partial charge < -0.3 is 18.2 Å². The Bertz CT molecular complexity index is 1780. The van der Waals surface area contributed by atoms with E-state index in [1.165, 1.54) is 6.66 Å². The molecule has 39 heavy (non-hydrogen) atoms. The van der Waals surface area contributed by atoms with Gasteiger partial charge in [-0.3, -0.25) is 0 Å². The van der Waals surface area contributed by atoms with Crippen LogP contribution in [0, 0.1) is 0 Å². The van der Waals surface area contributed by atoms with E-state index < -0.39 is 7.60 Å². The van der Waals surface area contributed by atoms with E-state index in [0.29, 0.717) is 43.2 Å². The number of rotatable bonds is 6. The van der Waals surface area contributed by atoms with Crippen molar-refractivity contribution in [1.29, 1.82) is 0 Å². The minimum absolute atomic E-state index is 0.00195. The van der Waals surface area contributed by atoms with Gasteiger partial charge in [0.15, 0.2) is 0 Å². The van der Waals surface area contributed by atoms with E-state index in [9.17, 15) is 4.57 Å². The molecule has 0 unspecified atom stereocenters. The van der Waals surface area contributed by atoms with E-state index in [1.807, 2.05) is 0 Å². The summed E-state index contributed by atoms with van der Waals surface area (Å²) in [4.78, 5) is 17.1. The number of imidazole rings is 2. The van der Waals surface area contributed by atoms with Crippen molar-refractivity contribution in [3.05, 3.63) is 93.9 Å². The zero-order valence-electron chi connectivity index (χ0n) is 19.8. The molecule has 0 bridgehead atoms. The fourth-order valence-corrected chi connectivity index (χ4v) is 5.69. The largest absolute Gasteiger partial charge is 0.430 e. The zero-order chi connectivity index (χ0) is 27.3. The first kappa shape index (κ1) is 25.9. The molecule has 0 fully saturated rings. The lowest BCUT2D eigenvalue weighted by atomic mass is 10.2. The maximum Gasteiger partial charge on any atom is 0.430 e. The van der Waals surface area contributed by atoms with Crippen molar-refractivity contribution in [2.45, 2.75) is 0 Å². The first-order valence-corrected chi connectivity index (χ1v) is 14.7. The van der Waals surface area contributed by atoms with Crippen molar-refractivity contribution in [1.82, 2.24) is 29.1 Å². The average molecular weight is 620 g/mol. The van der Waals surface area contributed by atoms with E-state index in [0.717, 1.165) is 0 Å². The fraction of sp³-hybridized carbons (Fsp3) is 0.0400. The Morgan fingerprint density at radius 2 is 1.15 bits per heavy atom. The zero-order valence-corrected chi connectivity index (χ0v) is 23.7. The molecule has 0 amide bonds. The second-order valence-corrected chi connectivity index (χ2v) is 11.8. The van der Waals surface area contributed by atoms with Crippen LogP contribution < -0.4 is 9.05 Å². The summed E-state index contributed by atoms with van der Waals surface area (Å²) in [7, 11) is -3.87. The molecule has 0 saturated carbocycles. The van der Waals surface area contributed by atoms with E-state index >= 15 is 0 Å². The van der Waals surface area contributed by atoms with Crippen LogP contribution in [0.3, 0.4) is 0 Å². The highest BCUT2D eigenvalue weighted by Crippen LogP contribution is 2.46. The molecule has 0 atom stereocenters. The van der Waals surface area contributed by atoms with Crippen LogP contribution in [0.1, 0.15) is 0 Å². The van der Waals surface area contributed by atoms with Gasteiger partial charge in [0, 0.05) is 47.7 Å². The summed E-state index contributed by atoms with van der Waals surface area (Å²) in [5, 5.41) is 2.44. The van der Waals surface area contributed by atoms with Crippen molar-refractivity contribution in [3.8, 4) is 23.1 Å². The standard InChI is InChI=1S/C25H15Cl4N6O3P/c1-39(36,37-20-10-18(34-8-6-30-12-34)14-2-4-16(26)22(28)24(14)32-20)38-21-11-19(35-9-7-31-13-35)15-3-5-17(27)23(29)25(15)33-21/h2-13H,1H3. The molecule has 14 heteroatoms. The minimum atomic E-state index is -3.87. The summed E-state index contributed by atoms with van der Waals surface area (Å²) in [5.41, 5.74) is 1.99. The predicted molar refractivity (Wildman–Crippen MR) is 153 cm³/mol. The molecule has 0 radical (unpaired) electrons. The SMILES string of the molecule is CP(=O)(Oc1cc(-n2ccnc2)c2ccc(Cl)c(Cl)c2n1)Oc1cc(-n2ccnc2)c2ccc(Cl)c(Cl)c2n1. The normalized spacial score (nSPS) is 11.8. The van der Waals surface area contributed by atoms with E-state index in [2.05, 4.69) is 19.9 Å². The Morgan fingerprint density at radius 1 is 0.718 bits per heavy atom. The van der Waals surface area contributed by atoms with Gasteiger partial charge in [-0.2, -0.15) is 0 Å². The summed E-state index contributed by atoms with van der Waals surface area (Å²) >= 11 is 25.4. The van der Waals surface area contributed by atoms with Crippen LogP contribution in [0.4, 0.5) is 0 Å². The topological polar surface area (TPSA) is 97.0 Å². The summed E-state index contributed by atoms with van der Waals surface area (Å²) in [6.07, 6.45) is 9.95. The van der Waals surface area contributed by atoms with Crippen molar-refractivity contribution < 1.29 is 13.6 Å². The number of aromatic nitrogens is 6. The van der Waals surface area contributed by atoms with Gasteiger partial charge in [0.2, 0.25) is 11.8 Å². The molecule has 0 saturated heterocycles.